The Morgan fingerprint density at radius 3 is 2.42 bits per heavy atom. The average Bonchev–Trinajstić information content (AvgIpc) is 2.43. The third-order valence-corrected chi connectivity index (χ3v) is 19.2. The van der Waals surface area contributed by atoms with Crippen molar-refractivity contribution in [2.45, 2.75) is 127 Å². The van der Waals surface area contributed by atoms with Gasteiger partial charge in [-0.1, -0.05) is 54.9 Å². The monoisotopic (exact) mass is 1210 g/mol. The van der Waals surface area contributed by atoms with Gasteiger partial charge in [0.15, 0.2) is 17.4 Å². The fraction of sp³-hybridized carbons (Fsp3) is 0.525. The number of piperazine rings is 2. The van der Waals surface area contributed by atoms with Crippen LogP contribution in [0, 0.1) is 18.7 Å². The van der Waals surface area contributed by atoms with Crippen LogP contribution in [0.15, 0.2) is 58.7 Å². The largest absolute Gasteiger partial charge is 0.508 e. The molecular formula is C59H67ClF4N12O8S. The molecule has 12 rings (SSSR count). The number of nitrogens with one attached hydrogen (secondary N) is 2. The summed E-state index contributed by atoms with van der Waals surface area (Å²) in [5.41, 5.74) is 1.16. The number of aliphatic hydroxyl groups is 1. The number of thiazole rings is 1. The molecule has 6 aromatic rings. The predicted molar refractivity (Wildman–Crippen MR) is 308 cm³/mol. The van der Waals surface area contributed by atoms with Crippen molar-refractivity contribution in [3.05, 3.63) is 87.6 Å². The average molecular weight is 1220 g/mol. The quantitative estimate of drug-likeness (QED) is 0.0707. The molecule has 2 aromatic carbocycles. The number of β-amino-alcohol motifs (C(OH)–C–C–N with tert-alkyl or cyclic N) is 1. The van der Waals surface area contributed by atoms with E-state index in [1.54, 1.807) is 22.3 Å². The summed E-state index contributed by atoms with van der Waals surface area (Å²) in [6.07, 6.45) is -0.0721. The molecule has 6 saturated heterocycles. The van der Waals surface area contributed by atoms with Gasteiger partial charge in [0.2, 0.25) is 11.8 Å². The van der Waals surface area contributed by atoms with Gasteiger partial charge < -0.3 is 54.4 Å². The van der Waals surface area contributed by atoms with Gasteiger partial charge in [0, 0.05) is 88.2 Å². The van der Waals surface area contributed by atoms with Gasteiger partial charge >= 0.3 is 18.3 Å². The van der Waals surface area contributed by atoms with Crippen molar-refractivity contribution in [2.24, 2.45) is 5.92 Å². The van der Waals surface area contributed by atoms with Crippen molar-refractivity contribution in [1.82, 2.24) is 50.4 Å². The Hall–Kier alpha value is -6.93. The lowest BCUT2D eigenvalue weighted by Crippen LogP contribution is -2.51. The number of fused-ring (bicyclic) bond motifs is 4. The van der Waals surface area contributed by atoms with Crippen LogP contribution >= 0.6 is 22.9 Å². The van der Waals surface area contributed by atoms with E-state index in [9.17, 15) is 37.8 Å². The number of pyridine rings is 1. The maximum absolute atomic E-state index is 16.9. The molecule has 6 aliphatic heterocycles. The maximum atomic E-state index is 16.9. The number of rotatable bonds is 15. The number of benzene rings is 2. The zero-order valence-electron chi connectivity index (χ0n) is 47.4. The van der Waals surface area contributed by atoms with Crippen molar-refractivity contribution < 1.29 is 56.2 Å². The number of anilines is 2. The summed E-state index contributed by atoms with van der Waals surface area (Å²) >= 11 is 7.57. The number of carbonyl (C=O) groups is 3. The molecule has 0 spiro atoms. The molecule has 6 fully saturated rings. The second kappa shape index (κ2) is 23.4. The number of nitrogens with zero attached hydrogens (tertiary/aromatic N) is 10. The fourth-order valence-electron chi connectivity index (χ4n) is 13.6. The molecule has 0 radical (unpaired) electrons. The molecule has 10 heterocycles. The first-order chi connectivity index (χ1) is 40.7. The van der Waals surface area contributed by atoms with Crippen molar-refractivity contribution in [3.8, 4) is 33.5 Å². The van der Waals surface area contributed by atoms with E-state index >= 15 is 4.39 Å². The molecule has 26 heteroatoms. The highest BCUT2D eigenvalue weighted by molar-refractivity contribution is 7.13. The molecule has 0 saturated carbocycles. The van der Waals surface area contributed by atoms with Crippen LogP contribution in [0.3, 0.4) is 0 Å². The number of aromatic hydroxyl groups is 1. The number of alkyl halides is 3. The summed E-state index contributed by atoms with van der Waals surface area (Å²) in [6.45, 7) is 11.2. The normalized spacial score (nSPS) is 24.2. The standard InChI is InChI=1S/C59H67ClF4N12O8S/c1-31(2)47(55(80)75-27-40(78)22-44(75)54(79)67-32(3)34-6-8-35(9-7-34)52-33(4)66-30-85-52)45-23-46(71-84-45)72-16-18-73(19-17-72)57(81)82-28-38-12-14-58(13-5-15-76(38)58)29-83-56-69-51-42(53(70-56)74-25-36-10-11-37(26-74)68-36)24-65-50(49(51)61)41-20-39(77)21-43(60)48(41)59(62,63)64/h6-9,20-21,23-24,30-32,36-38,40,44,47,68,77-78H,5,10-19,22,25-29H2,1-4H3,(H,67,79)/t32-,36?,37?,38-,40+,44-,47+,58+/m0/s1. The van der Waals surface area contributed by atoms with E-state index in [0.717, 1.165) is 66.1 Å². The van der Waals surface area contributed by atoms with Crippen LogP contribution in [0.1, 0.15) is 100 Å². The van der Waals surface area contributed by atoms with Gasteiger partial charge in [0.25, 0.3) is 0 Å². The SMILES string of the molecule is Cc1ncsc1-c1ccc([C@H](C)NC(=O)[C@@H]2C[C@@H](O)CN2C(=O)[C@@H](c2cc(N3CCN(C(=O)OC[C@@H]4CC[C@@]5(COc6nc(N7CC8CCC(C7)N8)c7cnc(-c8cc(O)cc(Cl)c8C(F)(F)F)c(F)c7n6)CCCN45)CC3)no2)C(C)C)cc1. The van der Waals surface area contributed by atoms with Gasteiger partial charge in [-0.25, -0.2) is 14.2 Å². The lowest BCUT2D eigenvalue weighted by molar-refractivity contribution is -0.141. The van der Waals surface area contributed by atoms with Crippen LogP contribution in [0.2, 0.25) is 5.02 Å². The van der Waals surface area contributed by atoms with Crippen LogP contribution in [0.5, 0.6) is 11.8 Å². The van der Waals surface area contributed by atoms with Crippen LogP contribution in [-0.4, -0.2) is 169 Å². The number of phenols is 1. The minimum atomic E-state index is -5.00. The van der Waals surface area contributed by atoms with Gasteiger partial charge in [-0.2, -0.15) is 23.1 Å². The molecule has 452 valence electrons. The number of amides is 3. The van der Waals surface area contributed by atoms with E-state index in [0.29, 0.717) is 69.5 Å². The van der Waals surface area contributed by atoms with Crippen LogP contribution < -0.4 is 25.2 Å². The van der Waals surface area contributed by atoms with Crippen LogP contribution in [-0.2, 0) is 20.5 Å². The van der Waals surface area contributed by atoms with Crippen LogP contribution in [0.4, 0.5) is 34.0 Å². The highest BCUT2D eigenvalue weighted by Crippen LogP contribution is 2.46. The molecule has 4 N–H and O–H groups in total. The fourth-order valence-corrected chi connectivity index (χ4v) is 14.7. The molecule has 4 aromatic heterocycles. The molecule has 20 nitrogen and oxygen atoms in total. The van der Waals surface area contributed by atoms with Crippen molar-refractivity contribution in [1.29, 1.82) is 0 Å². The molecular weight excluding hydrogens is 1150 g/mol. The maximum Gasteiger partial charge on any atom is 0.418 e. The third-order valence-electron chi connectivity index (χ3n) is 17.9. The van der Waals surface area contributed by atoms with Crippen LogP contribution in [0.25, 0.3) is 32.6 Å². The summed E-state index contributed by atoms with van der Waals surface area (Å²) < 4.78 is 78.4. The van der Waals surface area contributed by atoms with E-state index in [-0.39, 0.29) is 85.0 Å². The Balaban J connectivity index is 0.665. The Kier molecular flexibility index (Phi) is 16.1. The third kappa shape index (κ3) is 11.5. The van der Waals surface area contributed by atoms with Crippen molar-refractivity contribution in [2.75, 3.05) is 75.4 Å². The first-order valence-corrected chi connectivity index (χ1v) is 30.3. The van der Waals surface area contributed by atoms with E-state index < -0.39 is 69.3 Å². The van der Waals surface area contributed by atoms with Crippen molar-refractivity contribution in [3.63, 3.8) is 0 Å². The van der Waals surface area contributed by atoms with Crippen molar-refractivity contribution >= 4 is 63.4 Å². The molecule has 3 amide bonds. The summed E-state index contributed by atoms with van der Waals surface area (Å²) in [5, 5.41) is 31.5. The number of carbonyl (C=O) groups excluding carboxylic acids is 3. The van der Waals surface area contributed by atoms with Gasteiger partial charge in [0.1, 0.15) is 48.0 Å². The Bertz CT molecular complexity index is 3480. The lowest BCUT2D eigenvalue weighted by Gasteiger charge is -2.36. The smallest absolute Gasteiger partial charge is 0.418 e. The summed E-state index contributed by atoms with van der Waals surface area (Å²) in [4.78, 5) is 70.3. The Morgan fingerprint density at radius 2 is 1.72 bits per heavy atom. The number of aryl methyl sites for hydroxylation is 1. The number of phenolic OH excluding ortho intramolecular Hbond substituents is 1. The van der Waals surface area contributed by atoms with Gasteiger partial charge in [-0.3, -0.25) is 19.5 Å². The first kappa shape index (κ1) is 58.5. The molecule has 6 aliphatic rings. The highest BCUT2D eigenvalue weighted by Gasteiger charge is 2.51. The van der Waals surface area contributed by atoms with E-state index in [1.807, 2.05) is 67.3 Å². The summed E-state index contributed by atoms with van der Waals surface area (Å²) in [5.74, 6) is -2.29. The number of hydrogen-bond donors (Lipinski definition) is 4. The number of hydrogen-bond acceptors (Lipinski definition) is 18. The summed E-state index contributed by atoms with van der Waals surface area (Å²) in [6, 6.07) is 10.0. The topological polar surface area (TPSA) is 228 Å². The number of halogens is 5. The number of aromatic nitrogens is 5. The van der Waals surface area contributed by atoms with E-state index in [2.05, 4.69) is 35.6 Å². The van der Waals surface area contributed by atoms with Gasteiger partial charge in [-0.05, 0) is 88.1 Å². The number of likely N-dealkylation sites (tertiary alicyclic amines) is 1. The highest BCUT2D eigenvalue weighted by atomic mass is 35.5. The zero-order chi connectivity index (χ0) is 59.6. The molecule has 2 bridgehead atoms. The van der Waals surface area contributed by atoms with Gasteiger partial charge in [0.05, 0.1) is 49.7 Å². The van der Waals surface area contributed by atoms with E-state index in [4.69, 9.17) is 30.6 Å². The first-order valence-electron chi connectivity index (χ1n) is 29.0. The second-order valence-corrected chi connectivity index (χ2v) is 25.0. The van der Waals surface area contributed by atoms with Gasteiger partial charge in [-0.15, -0.1) is 11.3 Å². The minimum Gasteiger partial charge on any atom is -0.508 e. The lowest BCUT2D eigenvalue weighted by atomic mass is 9.91. The number of ether oxygens (including phenoxy) is 2. The number of aliphatic hydroxyl groups excluding tert-OH is 1. The second-order valence-electron chi connectivity index (χ2n) is 23.8. The molecule has 0 aliphatic carbocycles. The van der Waals surface area contributed by atoms with E-state index in [1.165, 1.54) is 11.1 Å². The molecule has 8 atom stereocenters. The summed E-state index contributed by atoms with van der Waals surface area (Å²) in [7, 11) is 0. The molecule has 2 unspecified atom stereocenters. The zero-order valence-corrected chi connectivity index (χ0v) is 49.0. The Morgan fingerprint density at radius 1 is 0.965 bits per heavy atom. The molecule has 85 heavy (non-hydrogen) atoms. The Labute approximate surface area is 496 Å². The predicted octanol–water partition coefficient (Wildman–Crippen LogP) is 8.48. The minimum absolute atomic E-state index is 0.00116.